The van der Waals surface area contributed by atoms with E-state index in [1.54, 1.807) is 41.5 Å². The van der Waals surface area contributed by atoms with Crippen LogP contribution in [0.15, 0.2) is 55.0 Å². The number of pyridine rings is 1. The van der Waals surface area contributed by atoms with E-state index in [1.807, 2.05) is 30.0 Å². The fraction of sp³-hybridized carbons (Fsp3) is 0.273. The number of hydrogen-bond acceptors (Lipinski definition) is 4. The summed E-state index contributed by atoms with van der Waals surface area (Å²) >= 11 is 6.08. The van der Waals surface area contributed by atoms with Gasteiger partial charge in [0.05, 0.1) is 28.7 Å². The maximum atomic E-state index is 13.0. The summed E-state index contributed by atoms with van der Waals surface area (Å²) in [5, 5.41) is 8.03. The van der Waals surface area contributed by atoms with Crippen LogP contribution in [0.5, 0.6) is 0 Å². The Morgan fingerprint density at radius 3 is 2.63 bits per heavy atom. The lowest BCUT2D eigenvalue weighted by atomic mass is 10.0. The molecule has 0 unspecified atom stereocenters. The van der Waals surface area contributed by atoms with Crippen LogP contribution in [0.1, 0.15) is 39.3 Å². The van der Waals surface area contributed by atoms with Gasteiger partial charge < -0.3 is 10.2 Å². The molecule has 1 fully saturated rings. The van der Waals surface area contributed by atoms with Crippen molar-refractivity contribution in [2.24, 2.45) is 0 Å². The number of likely N-dealkylation sites (tertiary alicyclic amines) is 1. The number of carbonyl (C=O) groups is 2. The first-order chi connectivity index (χ1) is 14.5. The molecule has 0 saturated carbocycles. The van der Waals surface area contributed by atoms with E-state index in [2.05, 4.69) is 15.4 Å². The van der Waals surface area contributed by atoms with Crippen molar-refractivity contribution in [3.8, 4) is 5.69 Å². The average Bonchev–Trinajstić information content (AvgIpc) is 3.15. The number of nitrogens with one attached hydrogen (secondary N) is 1. The van der Waals surface area contributed by atoms with Crippen LogP contribution in [-0.2, 0) is 0 Å². The van der Waals surface area contributed by atoms with Gasteiger partial charge in [-0.15, -0.1) is 0 Å². The Morgan fingerprint density at radius 1 is 1.13 bits per heavy atom. The van der Waals surface area contributed by atoms with Crippen molar-refractivity contribution < 1.29 is 9.59 Å². The molecule has 1 aliphatic rings. The molecule has 0 atom stereocenters. The molecule has 4 rings (SSSR count). The predicted molar refractivity (Wildman–Crippen MR) is 114 cm³/mol. The van der Waals surface area contributed by atoms with Crippen molar-refractivity contribution in [2.75, 3.05) is 13.1 Å². The number of amides is 2. The first-order valence-electron chi connectivity index (χ1n) is 9.83. The minimum atomic E-state index is -0.133. The first-order valence-corrected chi connectivity index (χ1v) is 10.2. The Labute approximate surface area is 179 Å². The van der Waals surface area contributed by atoms with Gasteiger partial charge in [0.15, 0.2) is 0 Å². The molecule has 0 spiro atoms. The second-order valence-corrected chi connectivity index (χ2v) is 7.75. The van der Waals surface area contributed by atoms with Crippen LogP contribution in [0, 0.1) is 6.92 Å². The number of carbonyl (C=O) groups excluding carboxylic acids is 2. The molecule has 0 aliphatic carbocycles. The summed E-state index contributed by atoms with van der Waals surface area (Å²) in [4.78, 5) is 31.1. The lowest BCUT2D eigenvalue weighted by Crippen LogP contribution is -2.46. The van der Waals surface area contributed by atoms with Crippen LogP contribution in [0.4, 0.5) is 0 Å². The average molecular weight is 424 g/mol. The summed E-state index contributed by atoms with van der Waals surface area (Å²) in [7, 11) is 0. The van der Waals surface area contributed by atoms with Gasteiger partial charge in [0.25, 0.3) is 11.8 Å². The van der Waals surface area contributed by atoms with Crippen LogP contribution in [0.25, 0.3) is 5.69 Å². The third kappa shape index (κ3) is 4.21. The van der Waals surface area contributed by atoms with Gasteiger partial charge in [-0.2, -0.15) is 5.10 Å². The molecule has 2 aromatic heterocycles. The second-order valence-electron chi connectivity index (χ2n) is 7.32. The summed E-state index contributed by atoms with van der Waals surface area (Å²) in [6.45, 7) is 3.04. The van der Waals surface area contributed by atoms with Crippen LogP contribution in [0.3, 0.4) is 0 Å². The Hall–Kier alpha value is -3.19. The maximum Gasteiger partial charge on any atom is 0.257 e. The maximum absolute atomic E-state index is 13.0. The number of piperidine rings is 1. The molecule has 7 nitrogen and oxygen atoms in total. The van der Waals surface area contributed by atoms with E-state index < -0.39 is 0 Å². The quantitative estimate of drug-likeness (QED) is 0.698. The van der Waals surface area contributed by atoms with Crippen LogP contribution in [0.2, 0.25) is 5.02 Å². The molecule has 0 bridgehead atoms. The van der Waals surface area contributed by atoms with Crippen LogP contribution < -0.4 is 5.32 Å². The molecular weight excluding hydrogens is 402 g/mol. The minimum Gasteiger partial charge on any atom is -0.349 e. The van der Waals surface area contributed by atoms with Gasteiger partial charge in [-0.3, -0.25) is 14.6 Å². The van der Waals surface area contributed by atoms with E-state index in [0.29, 0.717) is 42.1 Å². The molecule has 3 heterocycles. The highest BCUT2D eigenvalue weighted by atomic mass is 35.5. The summed E-state index contributed by atoms with van der Waals surface area (Å²) < 4.78 is 1.72. The molecule has 1 aliphatic heterocycles. The Kier molecular flexibility index (Phi) is 5.81. The van der Waals surface area contributed by atoms with Crippen molar-refractivity contribution in [3.63, 3.8) is 0 Å². The number of halogens is 1. The van der Waals surface area contributed by atoms with Gasteiger partial charge in [-0.1, -0.05) is 17.7 Å². The van der Waals surface area contributed by atoms with Gasteiger partial charge in [0, 0.05) is 36.5 Å². The van der Waals surface area contributed by atoms with E-state index in [-0.39, 0.29) is 17.9 Å². The van der Waals surface area contributed by atoms with E-state index >= 15 is 0 Å². The molecule has 3 aromatic rings. The highest BCUT2D eigenvalue weighted by Gasteiger charge is 2.27. The zero-order valence-corrected chi connectivity index (χ0v) is 17.3. The number of nitrogens with zero attached hydrogens (tertiary/aromatic N) is 4. The molecule has 30 heavy (non-hydrogen) atoms. The van der Waals surface area contributed by atoms with Crippen molar-refractivity contribution in [1.29, 1.82) is 0 Å². The standard InChI is InChI=1S/C22H22ClN5O2/c1-15-20(14-25-28(15)19-6-2-5-17(23)12-19)22(30)27-10-7-18(8-11-27)26-21(29)16-4-3-9-24-13-16/h2-6,9,12-14,18H,7-8,10-11H2,1H3,(H,26,29). The van der Waals surface area contributed by atoms with Gasteiger partial charge >= 0.3 is 0 Å². The van der Waals surface area contributed by atoms with Gasteiger partial charge in [0.2, 0.25) is 0 Å². The van der Waals surface area contributed by atoms with E-state index in [4.69, 9.17) is 11.6 Å². The number of aromatic nitrogens is 3. The Balaban J connectivity index is 1.38. The van der Waals surface area contributed by atoms with Crippen molar-refractivity contribution in [1.82, 2.24) is 25.0 Å². The smallest absolute Gasteiger partial charge is 0.257 e. The fourth-order valence-corrected chi connectivity index (χ4v) is 3.84. The molecular formula is C22H22ClN5O2. The topological polar surface area (TPSA) is 80.1 Å². The number of benzene rings is 1. The van der Waals surface area contributed by atoms with Crippen LogP contribution >= 0.6 is 11.6 Å². The van der Waals surface area contributed by atoms with Crippen molar-refractivity contribution in [3.05, 3.63) is 76.8 Å². The van der Waals surface area contributed by atoms with Gasteiger partial charge in [-0.25, -0.2) is 4.68 Å². The van der Waals surface area contributed by atoms with E-state index in [1.165, 1.54) is 0 Å². The molecule has 1 N–H and O–H groups in total. The van der Waals surface area contributed by atoms with Gasteiger partial charge in [0.1, 0.15) is 0 Å². The molecule has 0 radical (unpaired) electrons. The van der Waals surface area contributed by atoms with Crippen molar-refractivity contribution >= 4 is 23.4 Å². The minimum absolute atomic E-state index is 0.0389. The van der Waals surface area contributed by atoms with E-state index in [9.17, 15) is 9.59 Å². The fourth-order valence-electron chi connectivity index (χ4n) is 3.65. The van der Waals surface area contributed by atoms with Crippen LogP contribution in [-0.4, -0.2) is 50.6 Å². The van der Waals surface area contributed by atoms with Crippen molar-refractivity contribution in [2.45, 2.75) is 25.8 Å². The zero-order valence-electron chi connectivity index (χ0n) is 16.6. The third-order valence-electron chi connectivity index (χ3n) is 5.33. The van der Waals surface area contributed by atoms with E-state index in [0.717, 1.165) is 11.4 Å². The summed E-state index contributed by atoms with van der Waals surface area (Å²) in [5.41, 5.74) is 2.71. The molecule has 8 heteroatoms. The molecule has 1 saturated heterocycles. The predicted octanol–water partition coefficient (Wildman–Crippen LogP) is 3.26. The zero-order chi connectivity index (χ0) is 21.1. The first kappa shape index (κ1) is 20.1. The summed E-state index contributed by atoms with van der Waals surface area (Å²) in [6, 6.07) is 10.9. The SMILES string of the molecule is Cc1c(C(=O)N2CCC(NC(=O)c3cccnc3)CC2)cnn1-c1cccc(Cl)c1. The molecule has 2 amide bonds. The largest absolute Gasteiger partial charge is 0.349 e. The number of hydrogen-bond donors (Lipinski definition) is 1. The molecule has 154 valence electrons. The Morgan fingerprint density at radius 2 is 1.93 bits per heavy atom. The molecule has 1 aromatic carbocycles. The lowest BCUT2D eigenvalue weighted by Gasteiger charge is -2.32. The monoisotopic (exact) mass is 423 g/mol. The second kappa shape index (κ2) is 8.67. The summed E-state index contributed by atoms with van der Waals surface area (Å²) in [5.74, 6) is -0.177. The highest BCUT2D eigenvalue weighted by molar-refractivity contribution is 6.30. The normalized spacial score (nSPS) is 14.5. The van der Waals surface area contributed by atoms with Gasteiger partial charge in [-0.05, 0) is 50.1 Å². The lowest BCUT2D eigenvalue weighted by molar-refractivity contribution is 0.0697. The third-order valence-corrected chi connectivity index (χ3v) is 5.57. The Bertz CT molecular complexity index is 1060. The summed E-state index contributed by atoms with van der Waals surface area (Å²) in [6.07, 6.45) is 6.21. The number of rotatable bonds is 4. The highest BCUT2D eigenvalue weighted by Crippen LogP contribution is 2.20.